The van der Waals surface area contributed by atoms with E-state index in [9.17, 15) is 0 Å². The third-order valence-corrected chi connectivity index (χ3v) is 3.28. The molecule has 2 aromatic carbocycles. The fraction of sp³-hybridized carbons (Fsp3) is 0.118. The molecule has 3 aromatic rings. The largest absolute Gasteiger partial charge is 0.457 e. The Morgan fingerprint density at radius 1 is 1.05 bits per heavy atom. The number of aryl methyl sites for hydroxylation is 1. The summed E-state index contributed by atoms with van der Waals surface area (Å²) in [4.78, 5) is 4.37. The molecule has 0 bridgehead atoms. The number of benzene rings is 2. The monoisotopic (exact) mass is 264 g/mol. The molecule has 0 radical (unpaired) electrons. The lowest BCUT2D eigenvalue weighted by Crippen LogP contribution is -1.90. The molecule has 3 heteroatoms. The van der Waals surface area contributed by atoms with Gasteiger partial charge in [-0.3, -0.25) is 4.98 Å². The van der Waals surface area contributed by atoms with Gasteiger partial charge in [-0.1, -0.05) is 13.0 Å². The molecule has 0 aliphatic rings. The number of rotatable bonds is 3. The Bertz CT molecular complexity index is 736. The Balaban J connectivity index is 2.04. The van der Waals surface area contributed by atoms with Crippen molar-refractivity contribution in [1.82, 2.24) is 4.98 Å². The predicted octanol–water partition coefficient (Wildman–Crippen LogP) is 4.17. The first-order chi connectivity index (χ1) is 9.76. The molecule has 0 unspecified atom stereocenters. The third-order valence-electron chi connectivity index (χ3n) is 3.28. The third kappa shape index (κ3) is 2.43. The summed E-state index contributed by atoms with van der Waals surface area (Å²) in [6, 6.07) is 15.5. The normalized spacial score (nSPS) is 10.7. The number of hydrogen-bond donors (Lipinski definition) is 1. The van der Waals surface area contributed by atoms with Gasteiger partial charge >= 0.3 is 0 Å². The van der Waals surface area contributed by atoms with E-state index in [4.69, 9.17) is 10.5 Å². The second kappa shape index (κ2) is 5.21. The Morgan fingerprint density at radius 2 is 1.85 bits per heavy atom. The number of ether oxygens (including phenoxy) is 1. The highest BCUT2D eigenvalue weighted by Crippen LogP contribution is 2.29. The zero-order valence-electron chi connectivity index (χ0n) is 11.3. The number of nitrogen functional groups attached to an aromatic ring is 1. The minimum Gasteiger partial charge on any atom is -0.457 e. The van der Waals surface area contributed by atoms with E-state index in [1.54, 1.807) is 6.20 Å². The summed E-state index contributed by atoms with van der Waals surface area (Å²) >= 11 is 0. The van der Waals surface area contributed by atoms with Gasteiger partial charge in [-0.2, -0.15) is 0 Å². The Labute approximate surface area is 118 Å². The summed E-state index contributed by atoms with van der Waals surface area (Å²) in [6.45, 7) is 2.14. The molecule has 0 amide bonds. The lowest BCUT2D eigenvalue weighted by atomic mass is 10.1. The van der Waals surface area contributed by atoms with Crippen molar-refractivity contribution >= 4 is 16.6 Å². The van der Waals surface area contributed by atoms with Crippen LogP contribution in [-0.4, -0.2) is 4.98 Å². The quantitative estimate of drug-likeness (QED) is 0.722. The lowest BCUT2D eigenvalue weighted by molar-refractivity contribution is 0.488. The summed E-state index contributed by atoms with van der Waals surface area (Å²) < 4.78 is 5.95. The molecular weight excluding hydrogens is 248 g/mol. The van der Waals surface area contributed by atoms with Gasteiger partial charge in [0.1, 0.15) is 11.5 Å². The van der Waals surface area contributed by atoms with Gasteiger partial charge in [0.25, 0.3) is 0 Å². The minimum atomic E-state index is 0.727. The van der Waals surface area contributed by atoms with E-state index in [1.807, 2.05) is 36.4 Å². The van der Waals surface area contributed by atoms with Crippen LogP contribution in [0.5, 0.6) is 11.5 Å². The average Bonchev–Trinajstić information content (AvgIpc) is 2.49. The zero-order chi connectivity index (χ0) is 13.9. The fourth-order valence-corrected chi connectivity index (χ4v) is 2.14. The van der Waals surface area contributed by atoms with Crippen molar-refractivity contribution in [2.24, 2.45) is 0 Å². The standard InChI is InChI=1S/C17H16N2O/c1-2-12-3-8-16-15(11-12)17(9-10-19-16)20-14-6-4-13(18)5-7-14/h3-11H,2,18H2,1H3. The van der Waals surface area contributed by atoms with Gasteiger partial charge in [0.2, 0.25) is 0 Å². The Hall–Kier alpha value is -2.55. The van der Waals surface area contributed by atoms with Crippen LogP contribution in [0.25, 0.3) is 10.9 Å². The van der Waals surface area contributed by atoms with E-state index in [-0.39, 0.29) is 0 Å². The summed E-state index contributed by atoms with van der Waals surface area (Å²) in [5.74, 6) is 1.59. The molecule has 100 valence electrons. The Morgan fingerprint density at radius 3 is 2.60 bits per heavy atom. The first kappa shape index (κ1) is 12.5. The predicted molar refractivity (Wildman–Crippen MR) is 82.0 cm³/mol. The van der Waals surface area contributed by atoms with Crippen LogP contribution >= 0.6 is 0 Å². The number of aromatic nitrogens is 1. The van der Waals surface area contributed by atoms with E-state index >= 15 is 0 Å². The lowest BCUT2D eigenvalue weighted by Gasteiger charge is -2.09. The molecule has 2 N–H and O–H groups in total. The average molecular weight is 264 g/mol. The van der Waals surface area contributed by atoms with Gasteiger partial charge in [-0.25, -0.2) is 0 Å². The van der Waals surface area contributed by atoms with E-state index in [2.05, 4.69) is 24.0 Å². The van der Waals surface area contributed by atoms with Crippen molar-refractivity contribution in [1.29, 1.82) is 0 Å². The van der Waals surface area contributed by atoms with E-state index < -0.39 is 0 Å². The molecule has 0 saturated heterocycles. The summed E-state index contributed by atoms with van der Waals surface area (Å²) in [5.41, 5.74) is 8.62. The van der Waals surface area contributed by atoms with Gasteiger partial charge in [-0.05, 0) is 54.4 Å². The van der Waals surface area contributed by atoms with Crippen molar-refractivity contribution in [2.75, 3.05) is 5.73 Å². The zero-order valence-corrected chi connectivity index (χ0v) is 11.3. The van der Waals surface area contributed by atoms with Crippen LogP contribution in [0.15, 0.2) is 54.7 Å². The molecule has 1 heterocycles. The number of fused-ring (bicyclic) bond motifs is 1. The van der Waals surface area contributed by atoms with Gasteiger partial charge in [0.05, 0.1) is 5.52 Å². The molecule has 20 heavy (non-hydrogen) atoms. The highest BCUT2D eigenvalue weighted by Gasteiger charge is 2.05. The first-order valence-electron chi connectivity index (χ1n) is 6.67. The highest BCUT2D eigenvalue weighted by molar-refractivity contribution is 5.85. The van der Waals surface area contributed by atoms with Gasteiger partial charge in [0.15, 0.2) is 0 Å². The van der Waals surface area contributed by atoms with E-state index in [1.165, 1.54) is 5.56 Å². The van der Waals surface area contributed by atoms with Crippen molar-refractivity contribution in [3.63, 3.8) is 0 Å². The topological polar surface area (TPSA) is 48.1 Å². The smallest absolute Gasteiger partial charge is 0.138 e. The number of nitrogens with zero attached hydrogens (tertiary/aromatic N) is 1. The Kier molecular flexibility index (Phi) is 3.25. The van der Waals surface area contributed by atoms with Crippen molar-refractivity contribution < 1.29 is 4.74 Å². The summed E-state index contributed by atoms with van der Waals surface area (Å²) in [5, 5.41) is 1.03. The molecule has 1 aromatic heterocycles. The molecule has 0 aliphatic heterocycles. The minimum absolute atomic E-state index is 0.727. The molecular formula is C17H16N2O. The number of nitrogens with two attached hydrogens (primary N) is 1. The first-order valence-corrected chi connectivity index (χ1v) is 6.67. The van der Waals surface area contributed by atoms with Crippen LogP contribution in [0.3, 0.4) is 0 Å². The van der Waals surface area contributed by atoms with Crippen LogP contribution in [0, 0.1) is 0 Å². The van der Waals surface area contributed by atoms with Gasteiger partial charge in [-0.15, -0.1) is 0 Å². The number of pyridine rings is 1. The molecule has 3 nitrogen and oxygen atoms in total. The highest BCUT2D eigenvalue weighted by atomic mass is 16.5. The SMILES string of the molecule is CCc1ccc2nccc(Oc3ccc(N)cc3)c2c1. The van der Waals surface area contributed by atoms with Crippen LogP contribution < -0.4 is 10.5 Å². The van der Waals surface area contributed by atoms with Crippen LogP contribution in [0.4, 0.5) is 5.69 Å². The van der Waals surface area contributed by atoms with Crippen LogP contribution in [0.1, 0.15) is 12.5 Å². The molecule has 0 aliphatic carbocycles. The second-order valence-electron chi connectivity index (χ2n) is 4.69. The van der Waals surface area contributed by atoms with Gasteiger partial charge < -0.3 is 10.5 Å². The van der Waals surface area contributed by atoms with Crippen molar-refractivity contribution in [2.45, 2.75) is 13.3 Å². The maximum absolute atomic E-state index is 5.95. The fourth-order valence-electron chi connectivity index (χ4n) is 2.14. The molecule has 0 fully saturated rings. The van der Waals surface area contributed by atoms with Crippen LogP contribution in [0.2, 0.25) is 0 Å². The molecule has 0 atom stereocenters. The number of anilines is 1. The summed E-state index contributed by atoms with van der Waals surface area (Å²) in [6.07, 6.45) is 2.76. The molecule has 0 saturated carbocycles. The van der Waals surface area contributed by atoms with Gasteiger partial charge in [0, 0.05) is 17.3 Å². The van der Waals surface area contributed by atoms with E-state index in [0.717, 1.165) is 34.5 Å². The van der Waals surface area contributed by atoms with Crippen LogP contribution in [-0.2, 0) is 6.42 Å². The second-order valence-corrected chi connectivity index (χ2v) is 4.69. The summed E-state index contributed by atoms with van der Waals surface area (Å²) in [7, 11) is 0. The number of hydrogen-bond acceptors (Lipinski definition) is 3. The molecule has 3 rings (SSSR count). The molecule has 0 spiro atoms. The maximum Gasteiger partial charge on any atom is 0.138 e. The van der Waals surface area contributed by atoms with Crippen molar-refractivity contribution in [3.05, 3.63) is 60.3 Å². The maximum atomic E-state index is 5.95. The van der Waals surface area contributed by atoms with Crippen molar-refractivity contribution in [3.8, 4) is 11.5 Å². The van der Waals surface area contributed by atoms with E-state index in [0.29, 0.717) is 0 Å².